The Balaban J connectivity index is 2.01. The topological polar surface area (TPSA) is 48.5 Å². The Labute approximate surface area is 203 Å². The van der Waals surface area contributed by atoms with Crippen LogP contribution < -0.4 is 15.5 Å². The van der Waals surface area contributed by atoms with E-state index in [-0.39, 0.29) is 5.69 Å². The van der Waals surface area contributed by atoms with Gasteiger partial charge in [-0.3, -0.25) is 0 Å². The van der Waals surface area contributed by atoms with E-state index in [2.05, 4.69) is 20.3 Å². The number of alkyl halides is 3. The Kier molecular flexibility index (Phi) is 7.96. The number of anilines is 3. The minimum atomic E-state index is -4.80. The predicted molar refractivity (Wildman–Crippen MR) is 133 cm³/mol. The quantitative estimate of drug-likeness (QED) is 0.168. The zero-order chi connectivity index (χ0) is 23.4. The molecule has 0 saturated carbocycles. The van der Waals surface area contributed by atoms with Crippen LogP contribution in [0.3, 0.4) is 0 Å². The molecule has 0 atom stereocenters. The number of benzene rings is 3. The second kappa shape index (κ2) is 10.3. The number of nitrogens with one attached hydrogen (secondary N) is 3. The molecule has 4 nitrogen and oxygen atoms in total. The van der Waals surface area contributed by atoms with E-state index in [1.807, 2.05) is 0 Å². The molecule has 3 aromatic rings. The van der Waals surface area contributed by atoms with Crippen molar-refractivity contribution in [1.82, 2.24) is 0 Å². The average Bonchev–Trinajstić information content (AvgIpc) is 2.72. The van der Waals surface area contributed by atoms with E-state index >= 15 is 0 Å². The number of hydrogen-bond donors (Lipinski definition) is 3. The smallest absolute Gasteiger partial charge is 0.336 e. The van der Waals surface area contributed by atoms with Crippen LogP contribution in [0.25, 0.3) is 0 Å². The molecule has 0 radical (unpaired) electrons. The van der Waals surface area contributed by atoms with Gasteiger partial charge in [-0.1, -0.05) is 34.8 Å². The summed E-state index contributed by atoms with van der Waals surface area (Å²) < 4.78 is 45.5. The third kappa shape index (κ3) is 7.29. The molecule has 0 unspecified atom stereocenters. The second-order valence-electron chi connectivity index (χ2n) is 6.39. The molecule has 0 aromatic heterocycles. The average molecular weight is 538 g/mol. The van der Waals surface area contributed by atoms with Crippen molar-refractivity contribution in [1.29, 1.82) is 0 Å². The minimum Gasteiger partial charge on any atom is -0.336 e. The van der Waals surface area contributed by atoms with Gasteiger partial charge >= 0.3 is 6.18 Å². The zero-order valence-electron chi connectivity index (χ0n) is 16.0. The first kappa shape index (κ1) is 24.7. The summed E-state index contributed by atoms with van der Waals surface area (Å²) in [5, 5.41) is 9.46. The highest BCUT2D eigenvalue weighted by atomic mass is 35.5. The summed E-state index contributed by atoms with van der Waals surface area (Å²) >= 11 is 23.2. The predicted octanol–water partition coefficient (Wildman–Crippen LogP) is 8.47. The first-order valence-electron chi connectivity index (χ1n) is 8.90. The number of hydrogen-bond acceptors (Lipinski definition) is 1. The van der Waals surface area contributed by atoms with Crippen molar-refractivity contribution in [3.8, 4) is 0 Å². The highest BCUT2D eigenvalue weighted by Crippen LogP contribution is 2.49. The van der Waals surface area contributed by atoms with Gasteiger partial charge in [0.1, 0.15) is 0 Å². The van der Waals surface area contributed by atoms with Crippen molar-refractivity contribution in [3.05, 3.63) is 87.9 Å². The second-order valence-corrected chi connectivity index (χ2v) is 11.1. The van der Waals surface area contributed by atoms with Crippen molar-refractivity contribution in [3.63, 3.8) is 0 Å². The molecular weight excluding hydrogens is 523 g/mol. The Morgan fingerprint density at radius 2 is 1.03 bits per heavy atom. The van der Waals surface area contributed by atoms with Crippen LogP contribution in [0.1, 0.15) is 0 Å². The van der Waals surface area contributed by atoms with Crippen molar-refractivity contribution in [2.24, 2.45) is 4.76 Å². The molecule has 0 amide bonds. The van der Waals surface area contributed by atoms with Crippen LogP contribution in [-0.2, 0) is 11.8 Å². The number of halogens is 6. The first-order valence-corrected chi connectivity index (χ1v) is 12.8. The summed E-state index contributed by atoms with van der Waals surface area (Å²) in [5.74, 6) is -1.26. The van der Waals surface area contributed by atoms with E-state index in [0.29, 0.717) is 26.4 Å². The monoisotopic (exact) mass is 536 g/mol. The van der Waals surface area contributed by atoms with Crippen molar-refractivity contribution >= 4 is 76.0 Å². The third-order valence-electron chi connectivity index (χ3n) is 3.87. The summed E-state index contributed by atoms with van der Waals surface area (Å²) in [7, 11) is 0. The number of rotatable bonds is 6. The lowest BCUT2D eigenvalue weighted by molar-refractivity contribution is -0.0584. The van der Waals surface area contributed by atoms with Crippen LogP contribution in [0.15, 0.2) is 77.6 Å². The van der Waals surface area contributed by atoms with Crippen molar-refractivity contribution in [2.45, 2.75) is 6.18 Å². The maximum atomic E-state index is 13.9. The fourth-order valence-electron chi connectivity index (χ4n) is 2.44. The third-order valence-corrected chi connectivity index (χ3v) is 7.02. The van der Waals surface area contributed by atoms with Gasteiger partial charge in [0.15, 0.2) is 0 Å². The molecule has 3 aromatic carbocycles. The SMILES string of the molecule is FC(F)(F)/C(=N/P(=S)(Nc1ccc(Cl)cc1)Nc1ccc(Cl)cc1)Nc1ccc(Cl)cc1. The van der Waals surface area contributed by atoms with Gasteiger partial charge in [0.05, 0.1) is 0 Å². The molecule has 32 heavy (non-hydrogen) atoms. The van der Waals surface area contributed by atoms with Crippen molar-refractivity contribution in [2.75, 3.05) is 15.5 Å². The lowest BCUT2D eigenvalue weighted by Gasteiger charge is -2.24. The maximum absolute atomic E-state index is 13.9. The van der Waals surface area contributed by atoms with E-state index in [0.717, 1.165) is 0 Å². The summed E-state index contributed by atoms with van der Waals surface area (Å²) in [6.07, 6.45) is -4.80. The summed E-state index contributed by atoms with van der Waals surface area (Å²) in [6, 6.07) is 18.5. The lowest BCUT2D eigenvalue weighted by atomic mass is 10.3. The van der Waals surface area contributed by atoms with Gasteiger partial charge in [-0.2, -0.15) is 17.9 Å². The van der Waals surface area contributed by atoms with Gasteiger partial charge in [0, 0.05) is 32.1 Å². The lowest BCUT2D eigenvalue weighted by Crippen LogP contribution is -2.31. The molecule has 168 valence electrons. The molecule has 3 rings (SSSR count). The highest BCUT2D eigenvalue weighted by Gasteiger charge is 2.38. The van der Waals surface area contributed by atoms with E-state index in [4.69, 9.17) is 46.6 Å². The largest absolute Gasteiger partial charge is 0.449 e. The molecule has 12 heteroatoms. The van der Waals surface area contributed by atoms with Gasteiger partial charge in [-0.15, -0.1) is 0 Å². The van der Waals surface area contributed by atoms with Gasteiger partial charge < -0.3 is 15.5 Å². The van der Waals surface area contributed by atoms with E-state index in [1.54, 1.807) is 48.5 Å². The normalized spacial score (nSPS) is 12.4. The molecule has 0 fully saturated rings. The molecule has 0 aliphatic carbocycles. The van der Waals surface area contributed by atoms with E-state index < -0.39 is 18.5 Å². The zero-order valence-corrected chi connectivity index (χ0v) is 20.0. The van der Waals surface area contributed by atoms with Gasteiger partial charge in [0.25, 0.3) is 0 Å². The first-order chi connectivity index (χ1) is 15.0. The van der Waals surface area contributed by atoms with Crippen LogP contribution >= 0.6 is 41.3 Å². The van der Waals surface area contributed by atoms with Crippen LogP contribution in [-0.4, -0.2) is 12.0 Å². The summed E-state index contributed by atoms with van der Waals surface area (Å²) in [4.78, 5) is 0. The highest BCUT2D eigenvalue weighted by molar-refractivity contribution is 8.15. The Morgan fingerprint density at radius 1 is 0.688 bits per heavy atom. The van der Waals surface area contributed by atoms with Crippen LogP contribution in [0.2, 0.25) is 15.1 Å². The molecule has 0 aliphatic heterocycles. The molecule has 0 bridgehead atoms. The van der Waals surface area contributed by atoms with Crippen LogP contribution in [0.5, 0.6) is 0 Å². The summed E-state index contributed by atoms with van der Waals surface area (Å²) in [5.41, 5.74) is 1.07. The molecule has 0 spiro atoms. The summed E-state index contributed by atoms with van der Waals surface area (Å²) in [6.45, 7) is -3.47. The fourth-order valence-corrected chi connectivity index (χ4v) is 5.29. The fraction of sp³-hybridized carbons (Fsp3) is 0.0500. The van der Waals surface area contributed by atoms with Gasteiger partial charge in [-0.05, 0) is 84.6 Å². The minimum absolute atomic E-state index is 0.157. The molecule has 3 N–H and O–H groups in total. The standard InChI is InChI=1S/C20H15Cl3F3N4PS/c21-13-1-7-16(8-2-13)27-19(20(24,25)26)30-31(32,28-17-9-3-14(22)4-10-17)29-18-11-5-15(23)6-12-18/h1-12H,(H3,27,28,29,30,32). The number of amidine groups is 1. The maximum Gasteiger partial charge on any atom is 0.449 e. The molecule has 0 aliphatic rings. The molecule has 0 saturated heterocycles. The Morgan fingerprint density at radius 3 is 1.38 bits per heavy atom. The van der Waals surface area contributed by atoms with Gasteiger partial charge in [0.2, 0.25) is 12.3 Å². The van der Waals surface area contributed by atoms with Crippen LogP contribution in [0, 0.1) is 0 Å². The number of nitrogens with zero attached hydrogens (tertiary/aromatic N) is 1. The van der Waals surface area contributed by atoms with Gasteiger partial charge in [-0.25, -0.2) is 0 Å². The van der Waals surface area contributed by atoms with Crippen LogP contribution in [0.4, 0.5) is 30.2 Å². The Bertz CT molecular complexity index is 1090. The molecular formula is C20H15Cl3F3N4PS. The molecule has 0 heterocycles. The van der Waals surface area contributed by atoms with Crippen molar-refractivity contribution < 1.29 is 13.2 Å². The Hall–Kier alpha value is -1.96. The van der Waals surface area contributed by atoms with E-state index in [9.17, 15) is 13.2 Å². The van der Waals surface area contributed by atoms with E-state index in [1.165, 1.54) is 24.3 Å².